The number of nitrogens with one attached hydrogen (secondary N) is 2. The van der Waals surface area contributed by atoms with E-state index in [0.29, 0.717) is 16.9 Å². The number of ether oxygens (including phenoxy) is 1. The lowest BCUT2D eigenvalue weighted by Gasteiger charge is -2.28. The van der Waals surface area contributed by atoms with Gasteiger partial charge in [0.15, 0.2) is 5.54 Å². The molecular formula is C25H23N3O4. The van der Waals surface area contributed by atoms with Gasteiger partial charge in [0.05, 0.1) is 7.11 Å². The first kappa shape index (κ1) is 21.1. The van der Waals surface area contributed by atoms with E-state index in [9.17, 15) is 14.4 Å². The van der Waals surface area contributed by atoms with Crippen LogP contribution in [0.5, 0.6) is 5.75 Å². The summed E-state index contributed by atoms with van der Waals surface area (Å²) >= 11 is 0. The zero-order valence-electron chi connectivity index (χ0n) is 17.6. The minimum absolute atomic E-state index is 0.252. The number of hydrogen-bond donors (Lipinski definition) is 2. The van der Waals surface area contributed by atoms with Crippen LogP contribution >= 0.6 is 0 Å². The molecule has 1 saturated heterocycles. The fourth-order valence-electron chi connectivity index (χ4n) is 3.84. The lowest BCUT2D eigenvalue weighted by atomic mass is 9.82. The number of imide groups is 1. The van der Waals surface area contributed by atoms with Crippen LogP contribution in [0.3, 0.4) is 0 Å². The topological polar surface area (TPSA) is 87.7 Å². The highest BCUT2D eigenvalue weighted by atomic mass is 16.5. The summed E-state index contributed by atoms with van der Waals surface area (Å²) in [6, 6.07) is 24.8. The van der Waals surface area contributed by atoms with Gasteiger partial charge in [0.25, 0.3) is 5.91 Å². The molecule has 7 heteroatoms. The van der Waals surface area contributed by atoms with Crippen LogP contribution < -0.4 is 15.4 Å². The zero-order chi connectivity index (χ0) is 22.6. The first-order valence-electron chi connectivity index (χ1n) is 10.2. The second-order valence-corrected chi connectivity index (χ2v) is 7.43. The van der Waals surface area contributed by atoms with Gasteiger partial charge in [0, 0.05) is 6.54 Å². The molecule has 4 amide bonds. The quantitative estimate of drug-likeness (QED) is 0.566. The number of benzene rings is 3. The molecule has 0 aliphatic carbocycles. The van der Waals surface area contributed by atoms with Crippen molar-refractivity contribution in [2.24, 2.45) is 0 Å². The van der Waals surface area contributed by atoms with Gasteiger partial charge >= 0.3 is 6.03 Å². The van der Waals surface area contributed by atoms with Crippen molar-refractivity contribution in [3.63, 3.8) is 0 Å². The molecule has 1 aliphatic heterocycles. The second-order valence-electron chi connectivity index (χ2n) is 7.43. The molecule has 1 aliphatic rings. The summed E-state index contributed by atoms with van der Waals surface area (Å²) in [5.74, 6) is -0.244. The number of nitrogens with zero attached hydrogens (tertiary/aromatic N) is 1. The molecule has 7 nitrogen and oxygen atoms in total. The highest BCUT2D eigenvalue weighted by molar-refractivity contribution is 6.11. The number of carbonyl (C=O) groups excluding carboxylic acids is 3. The van der Waals surface area contributed by atoms with Gasteiger partial charge in [0.1, 0.15) is 12.3 Å². The molecule has 1 fully saturated rings. The fraction of sp³-hybridized carbons (Fsp3) is 0.160. The lowest BCUT2D eigenvalue weighted by Crippen LogP contribution is -2.46. The van der Waals surface area contributed by atoms with Crippen LogP contribution in [0.15, 0.2) is 84.9 Å². The molecule has 0 spiro atoms. The van der Waals surface area contributed by atoms with Gasteiger partial charge in [-0.2, -0.15) is 0 Å². The van der Waals surface area contributed by atoms with Crippen LogP contribution in [0, 0.1) is 0 Å². The van der Waals surface area contributed by atoms with Crippen molar-refractivity contribution in [1.82, 2.24) is 15.5 Å². The van der Waals surface area contributed by atoms with E-state index in [1.165, 1.54) is 0 Å². The normalized spacial score (nSPS) is 14.7. The number of carbonyl (C=O) groups is 3. The first-order valence-corrected chi connectivity index (χ1v) is 10.2. The minimum Gasteiger partial charge on any atom is -0.497 e. The largest absolute Gasteiger partial charge is 0.497 e. The molecule has 0 bridgehead atoms. The maximum absolute atomic E-state index is 13.6. The first-order chi connectivity index (χ1) is 15.5. The van der Waals surface area contributed by atoms with Gasteiger partial charge in [0.2, 0.25) is 5.91 Å². The molecule has 32 heavy (non-hydrogen) atoms. The smallest absolute Gasteiger partial charge is 0.326 e. The third-order valence-electron chi connectivity index (χ3n) is 5.44. The number of hydrogen-bond acceptors (Lipinski definition) is 4. The van der Waals surface area contributed by atoms with Crippen molar-refractivity contribution in [1.29, 1.82) is 0 Å². The predicted octanol–water partition coefficient (Wildman–Crippen LogP) is 2.81. The molecule has 3 aromatic rings. The van der Waals surface area contributed by atoms with Crippen molar-refractivity contribution in [2.45, 2.75) is 12.1 Å². The summed E-state index contributed by atoms with van der Waals surface area (Å²) in [7, 11) is 1.57. The van der Waals surface area contributed by atoms with Gasteiger partial charge in [-0.3, -0.25) is 14.5 Å². The molecule has 3 aromatic carbocycles. The Labute approximate surface area is 186 Å². The molecule has 4 rings (SSSR count). The Kier molecular flexibility index (Phi) is 5.89. The Balaban J connectivity index is 1.55. The van der Waals surface area contributed by atoms with E-state index in [2.05, 4.69) is 10.6 Å². The van der Waals surface area contributed by atoms with Crippen LogP contribution in [-0.2, 0) is 21.7 Å². The standard InChI is InChI=1S/C25H23N3O4/c1-32-21-14-8-9-18(15-21)16-26-22(29)17-28-23(30)25(27-24(28)31,19-10-4-2-5-11-19)20-12-6-3-7-13-20/h2-15H,16-17H2,1H3,(H,26,29)(H,27,31). The van der Waals surface area contributed by atoms with Gasteiger partial charge in [-0.1, -0.05) is 72.8 Å². The molecule has 2 N–H and O–H groups in total. The molecule has 1 heterocycles. The Morgan fingerprint density at radius 2 is 1.56 bits per heavy atom. The second kappa shape index (κ2) is 8.93. The van der Waals surface area contributed by atoms with Crippen LogP contribution in [-0.4, -0.2) is 36.4 Å². The average Bonchev–Trinajstić information content (AvgIpc) is 3.09. The highest BCUT2D eigenvalue weighted by Gasteiger charge is 2.53. The van der Waals surface area contributed by atoms with Crippen LogP contribution in [0.2, 0.25) is 0 Å². The summed E-state index contributed by atoms with van der Waals surface area (Å²) in [4.78, 5) is 40.0. The fourth-order valence-corrected chi connectivity index (χ4v) is 3.84. The van der Waals surface area contributed by atoms with Crippen molar-refractivity contribution < 1.29 is 19.1 Å². The maximum atomic E-state index is 13.6. The molecular weight excluding hydrogens is 406 g/mol. The summed E-state index contributed by atoms with van der Waals surface area (Å²) < 4.78 is 5.19. The Hall–Kier alpha value is -4.13. The average molecular weight is 429 g/mol. The summed E-state index contributed by atoms with van der Waals surface area (Å²) in [5, 5.41) is 5.59. The summed E-state index contributed by atoms with van der Waals surface area (Å²) in [6.45, 7) is -0.127. The number of amides is 4. The lowest BCUT2D eigenvalue weighted by molar-refractivity contribution is -0.134. The van der Waals surface area contributed by atoms with Crippen LogP contribution in [0.1, 0.15) is 16.7 Å². The third kappa shape index (κ3) is 3.92. The van der Waals surface area contributed by atoms with Gasteiger partial charge in [-0.05, 0) is 28.8 Å². The molecule has 0 aromatic heterocycles. The van der Waals surface area contributed by atoms with Gasteiger partial charge < -0.3 is 15.4 Å². The molecule has 0 unspecified atom stereocenters. The number of methoxy groups -OCH3 is 1. The summed E-state index contributed by atoms with van der Waals surface area (Å²) in [5.41, 5.74) is 0.720. The molecule has 0 saturated carbocycles. The van der Waals surface area contributed by atoms with E-state index in [1.54, 1.807) is 31.4 Å². The van der Waals surface area contributed by atoms with E-state index in [0.717, 1.165) is 10.5 Å². The van der Waals surface area contributed by atoms with E-state index in [-0.39, 0.29) is 13.1 Å². The van der Waals surface area contributed by atoms with Gasteiger partial charge in [-0.15, -0.1) is 0 Å². The van der Waals surface area contributed by atoms with E-state index < -0.39 is 23.4 Å². The Morgan fingerprint density at radius 3 is 2.16 bits per heavy atom. The number of rotatable bonds is 7. The number of urea groups is 1. The van der Waals surface area contributed by atoms with E-state index in [4.69, 9.17) is 4.74 Å². The van der Waals surface area contributed by atoms with Crippen molar-refractivity contribution >= 4 is 17.8 Å². The molecule has 0 atom stereocenters. The minimum atomic E-state index is -1.38. The van der Waals surface area contributed by atoms with Crippen molar-refractivity contribution in [2.75, 3.05) is 13.7 Å². The van der Waals surface area contributed by atoms with Crippen molar-refractivity contribution in [3.8, 4) is 5.75 Å². The van der Waals surface area contributed by atoms with E-state index >= 15 is 0 Å². The Bertz CT molecular complexity index is 1090. The SMILES string of the molecule is COc1cccc(CNC(=O)CN2C(=O)NC(c3ccccc3)(c3ccccc3)C2=O)c1. The van der Waals surface area contributed by atoms with Crippen LogP contribution in [0.25, 0.3) is 0 Å². The third-order valence-corrected chi connectivity index (χ3v) is 5.44. The zero-order valence-corrected chi connectivity index (χ0v) is 17.6. The van der Waals surface area contributed by atoms with Crippen molar-refractivity contribution in [3.05, 3.63) is 102 Å². The predicted molar refractivity (Wildman–Crippen MR) is 119 cm³/mol. The Morgan fingerprint density at radius 1 is 0.938 bits per heavy atom. The summed E-state index contributed by atoms with van der Waals surface area (Å²) in [6.07, 6.45) is 0. The monoisotopic (exact) mass is 429 g/mol. The van der Waals surface area contributed by atoms with E-state index in [1.807, 2.05) is 60.7 Å². The molecule has 0 radical (unpaired) electrons. The maximum Gasteiger partial charge on any atom is 0.326 e. The highest BCUT2D eigenvalue weighted by Crippen LogP contribution is 2.35. The van der Waals surface area contributed by atoms with Gasteiger partial charge in [-0.25, -0.2) is 4.79 Å². The van der Waals surface area contributed by atoms with Crippen LogP contribution in [0.4, 0.5) is 4.79 Å². The molecule has 162 valence electrons.